The molecule has 0 aromatic heterocycles. The van der Waals surface area contributed by atoms with Gasteiger partial charge in [0.15, 0.2) is 0 Å². The van der Waals surface area contributed by atoms with E-state index in [0.29, 0.717) is 5.56 Å². The monoisotopic (exact) mass is 306 g/mol. The van der Waals surface area contributed by atoms with Crippen molar-refractivity contribution < 1.29 is 18.0 Å². The van der Waals surface area contributed by atoms with Gasteiger partial charge >= 0.3 is 6.18 Å². The summed E-state index contributed by atoms with van der Waals surface area (Å²) in [4.78, 5) is 11.8. The van der Waals surface area contributed by atoms with E-state index in [1.54, 1.807) is 18.2 Å². The van der Waals surface area contributed by atoms with Gasteiger partial charge in [0.05, 0.1) is 11.8 Å². The molecule has 0 heterocycles. The third kappa shape index (κ3) is 4.18. The number of amides is 1. The van der Waals surface area contributed by atoms with Crippen molar-refractivity contribution in [2.75, 3.05) is 0 Å². The van der Waals surface area contributed by atoms with Gasteiger partial charge in [-0.15, -0.1) is 0 Å². The number of halogens is 3. The molecule has 0 atom stereocenters. The van der Waals surface area contributed by atoms with E-state index in [-0.39, 0.29) is 5.56 Å². The Labute approximate surface area is 125 Å². The van der Waals surface area contributed by atoms with Crippen LogP contribution in [0, 0.1) is 6.92 Å². The van der Waals surface area contributed by atoms with Gasteiger partial charge in [-0.05, 0) is 36.8 Å². The fraction of sp³-hybridized carbons (Fsp3) is 0.125. The van der Waals surface area contributed by atoms with E-state index >= 15 is 0 Å². The molecule has 0 spiro atoms. The highest BCUT2D eigenvalue weighted by Gasteiger charge is 2.30. The molecule has 0 radical (unpaired) electrons. The first kappa shape index (κ1) is 15.8. The van der Waals surface area contributed by atoms with Crippen LogP contribution in [-0.2, 0) is 6.18 Å². The van der Waals surface area contributed by atoms with Gasteiger partial charge in [0.2, 0.25) is 0 Å². The second-order valence-corrected chi connectivity index (χ2v) is 4.69. The maximum absolute atomic E-state index is 12.6. The number of hydrogen-bond donors (Lipinski definition) is 1. The number of carbonyl (C=O) groups is 1. The maximum Gasteiger partial charge on any atom is 0.416 e. The van der Waals surface area contributed by atoms with Gasteiger partial charge in [-0.1, -0.05) is 29.8 Å². The van der Waals surface area contributed by atoms with Crippen LogP contribution >= 0.6 is 0 Å². The molecule has 2 rings (SSSR count). The van der Waals surface area contributed by atoms with Crippen molar-refractivity contribution >= 4 is 12.1 Å². The molecule has 0 saturated carbocycles. The highest BCUT2D eigenvalue weighted by Crippen LogP contribution is 2.29. The summed E-state index contributed by atoms with van der Waals surface area (Å²) in [5.74, 6) is -0.424. The van der Waals surface area contributed by atoms with Crippen LogP contribution < -0.4 is 5.43 Å². The highest BCUT2D eigenvalue weighted by atomic mass is 19.4. The van der Waals surface area contributed by atoms with E-state index in [9.17, 15) is 18.0 Å². The second kappa shape index (κ2) is 6.43. The van der Waals surface area contributed by atoms with E-state index in [1.165, 1.54) is 18.3 Å². The number of hydrazone groups is 1. The van der Waals surface area contributed by atoms with E-state index < -0.39 is 17.6 Å². The summed E-state index contributed by atoms with van der Waals surface area (Å²) in [6, 6.07) is 11.6. The zero-order valence-corrected chi connectivity index (χ0v) is 11.7. The Balaban J connectivity index is 2.05. The van der Waals surface area contributed by atoms with Crippen molar-refractivity contribution in [2.24, 2.45) is 5.10 Å². The van der Waals surface area contributed by atoms with Crippen LogP contribution in [0.15, 0.2) is 53.6 Å². The lowest BCUT2D eigenvalue weighted by atomic mass is 10.1. The summed E-state index contributed by atoms with van der Waals surface area (Å²) in [5, 5.41) is 3.68. The number of rotatable bonds is 3. The van der Waals surface area contributed by atoms with E-state index in [4.69, 9.17) is 0 Å². The summed E-state index contributed by atoms with van der Waals surface area (Å²) >= 11 is 0. The third-order valence-corrected chi connectivity index (χ3v) is 2.87. The minimum absolute atomic E-state index is 0.249. The summed E-state index contributed by atoms with van der Waals surface area (Å²) in [6.45, 7) is 1.85. The van der Waals surface area contributed by atoms with Gasteiger partial charge in [-0.2, -0.15) is 18.3 Å². The third-order valence-electron chi connectivity index (χ3n) is 2.87. The number of aryl methyl sites for hydroxylation is 1. The Morgan fingerprint density at radius 1 is 1.14 bits per heavy atom. The van der Waals surface area contributed by atoms with Crippen molar-refractivity contribution in [3.8, 4) is 0 Å². The quantitative estimate of drug-likeness (QED) is 0.680. The first-order valence-corrected chi connectivity index (χ1v) is 6.43. The number of carbonyl (C=O) groups excluding carboxylic acids is 1. The van der Waals surface area contributed by atoms with Crippen LogP contribution in [0.5, 0.6) is 0 Å². The molecule has 22 heavy (non-hydrogen) atoms. The molecule has 6 heteroatoms. The second-order valence-electron chi connectivity index (χ2n) is 4.69. The van der Waals surface area contributed by atoms with Crippen LogP contribution in [0.2, 0.25) is 0 Å². The van der Waals surface area contributed by atoms with Crippen LogP contribution in [-0.4, -0.2) is 12.1 Å². The zero-order valence-electron chi connectivity index (χ0n) is 11.7. The molecule has 0 aliphatic rings. The maximum atomic E-state index is 12.6. The lowest BCUT2D eigenvalue weighted by Crippen LogP contribution is -2.17. The van der Waals surface area contributed by atoms with Gasteiger partial charge in [0, 0.05) is 5.56 Å². The standard InChI is InChI=1S/C16H13F3N2O/c1-11-4-2-6-13(8-11)15(22)21-20-10-12-5-3-7-14(9-12)16(17,18)19/h2-10H,1H3,(H,21,22)/b20-10+. The molecule has 1 amide bonds. The number of nitrogens with one attached hydrogen (secondary N) is 1. The van der Waals surface area contributed by atoms with E-state index in [1.807, 2.05) is 13.0 Å². The van der Waals surface area contributed by atoms with Crippen molar-refractivity contribution in [3.05, 3.63) is 70.8 Å². The first-order chi connectivity index (χ1) is 10.4. The number of nitrogens with zero attached hydrogens (tertiary/aromatic N) is 1. The highest BCUT2D eigenvalue weighted by molar-refractivity contribution is 5.95. The SMILES string of the molecule is Cc1cccc(C(=O)N/N=C/c2cccc(C(F)(F)F)c2)c1. The fourth-order valence-corrected chi connectivity index (χ4v) is 1.81. The lowest BCUT2D eigenvalue weighted by molar-refractivity contribution is -0.137. The minimum atomic E-state index is -4.41. The van der Waals surface area contributed by atoms with Gasteiger partial charge in [0.25, 0.3) is 5.91 Å². The van der Waals surface area contributed by atoms with Crippen LogP contribution in [0.1, 0.15) is 27.0 Å². The number of benzene rings is 2. The lowest BCUT2D eigenvalue weighted by Gasteiger charge is -2.06. The van der Waals surface area contributed by atoms with Crippen LogP contribution in [0.25, 0.3) is 0 Å². The van der Waals surface area contributed by atoms with Crippen molar-refractivity contribution in [2.45, 2.75) is 13.1 Å². The minimum Gasteiger partial charge on any atom is -0.267 e. The van der Waals surface area contributed by atoms with Gasteiger partial charge in [0.1, 0.15) is 0 Å². The predicted octanol–water partition coefficient (Wildman–Crippen LogP) is 3.78. The first-order valence-electron chi connectivity index (χ1n) is 6.43. The summed E-state index contributed by atoms with van der Waals surface area (Å²) in [5.41, 5.74) is 3.13. The smallest absolute Gasteiger partial charge is 0.267 e. The van der Waals surface area contributed by atoms with E-state index in [2.05, 4.69) is 10.5 Å². The van der Waals surface area contributed by atoms with Gasteiger partial charge < -0.3 is 0 Å². The van der Waals surface area contributed by atoms with Crippen LogP contribution in [0.3, 0.4) is 0 Å². The number of hydrogen-bond acceptors (Lipinski definition) is 2. The Hall–Kier alpha value is -2.63. The normalized spacial score (nSPS) is 11.6. The molecule has 0 saturated heterocycles. The molecule has 2 aromatic carbocycles. The van der Waals surface area contributed by atoms with Crippen LogP contribution in [0.4, 0.5) is 13.2 Å². The molecule has 1 N–H and O–H groups in total. The molecule has 0 aliphatic heterocycles. The molecule has 114 valence electrons. The average molecular weight is 306 g/mol. The van der Waals surface area contributed by atoms with Crippen molar-refractivity contribution in [1.29, 1.82) is 0 Å². The molecule has 3 nitrogen and oxygen atoms in total. The summed E-state index contributed by atoms with van der Waals surface area (Å²) < 4.78 is 37.7. The molecule has 2 aromatic rings. The zero-order chi connectivity index (χ0) is 16.2. The molecule has 0 unspecified atom stereocenters. The average Bonchev–Trinajstić information content (AvgIpc) is 2.46. The predicted molar refractivity (Wildman–Crippen MR) is 77.7 cm³/mol. The molecule has 0 bridgehead atoms. The van der Waals surface area contributed by atoms with Crippen molar-refractivity contribution in [3.63, 3.8) is 0 Å². The Morgan fingerprint density at radius 3 is 2.55 bits per heavy atom. The van der Waals surface area contributed by atoms with Gasteiger partial charge in [-0.3, -0.25) is 4.79 Å². The Bertz CT molecular complexity index is 709. The van der Waals surface area contributed by atoms with Gasteiger partial charge in [-0.25, -0.2) is 5.43 Å². The molecule has 0 aliphatic carbocycles. The molecule has 0 fully saturated rings. The number of alkyl halides is 3. The van der Waals surface area contributed by atoms with Crippen molar-refractivity contribution in [1.82, 2.24) is 5.43 Å². The topological polar surface area (TPSA) is 41.5 Å². The largest absolute Gasteiger partial charge is 0.416 e. The Kier molecular flexibility index (Phi) is 4.60. The summed E-state index contributed by atoms with van der Waals surface area (Å²) in [7, 11) is 0. The molecular formula is C16H13F3N2O. The van der Waals surface area contributed by atoms with E-state index in [0.717, 1.165) is 17.7 Å². The Morgan fingerprint density at radius 2 is 1.86 bits per heavy atom. The fourth-order valence-electron chi connectivity index (χ4n) is 1.81. The molecular weight excluding hydrogens is 293 g/mol. The summed E-state index contributed by atoms with van der Waals surface area (Å²) in [6.07, 6.45) is -3.24.